The van der Waals surface area contributed by atoms with Crippen LogP contribution in [0.4, 0.5) is 5.69 Å². The minimum absolute atomic E-state index is 0.156. The van der Waals surface area contributed by atoms with Crippen LogP contribution in [0, 0.1) is 13.8 Å². The number of rotatable bonds is 7. The molecule has 0 unspecified atom stereocenters. The van der Waals surface area contributed by atoms with Crippen molar-refractivity contribution < 1.29 is 19.1 Å². The van der Waals surface area contributed by atoms with Crippen molar-refractivity contribution in [2.75, 3.05) is 26.1 Å². The summed E-state index contributed by atoms with van der Waals surface area (Å²) in [4.78, 5) is 24.3. The van der Waals surface area contributed by atoms with Crippen molar-refractivity contribution in [2.45, 2.75) is 20.3 Å². The van der Waals surface area contributed by atoms with Crippen molar-refractivity contribution in [3.8, 4) is 11.5 Å². The normalized spacial score (nSPS) is 10.2. The molecular weight excluding hydrogens is 332 g/mol. The zero-order chi connectivity index (χ0) is 19.1. The van der Waals surface area contributed by atoms with E-state index in [-0.39, 0.29) is 24.8 Å². The van der Waals surface area contributed by atoms with Crippen molar-refractivity contribution in [1.29, 1.82) is 0 Å². The van der Waals surface area contributed by atoms with Gasteiger partial charge in [0, 0.05) is 30.3 Å². The summed E-state index contributed by atoms with van der Waals surface area (Å²) in [6.45, 7) is 4.24. The van der Waals surface area contributed by atoms with E-state index in [9.17, 15) is 9.59 Å². The van der Waals surface area contributed by atoms with Crippen molar-refractivity contribution in [2.24, 2.45) is 0 Å². The van der Waals surface area contributed by atoms with Gasteiger partial charge < -0.3 is 20.1 Å². The molecule has 0 aliphatic rings. The smallest absolute Gasteiger partial charge is 0.251 e. The molecule has 0 radical (unpaired) electrons. The number of aryl methyl sites for hydroxylation is 2. The second-order valence-electron chi connectivity index (χ2n) is 5.95. The van der Waals surface area contributed by atoms with Crippen molar-refractivity contribution >= 4 is 17.5 Å². The van der Waals surface area contributed by atoms with Gasteiger partial charge in [-0.3, -0.25) is 9.59 Å². The average Bonchev–Trinajstić information content (AvgIpc) is 2.64. The Morgan fingerprint density at radius 2 is 1.58 bits per heavy atom. The number of hydrogen-bond donors (Lipinski definition) is 2. The number of carbonyl (C=O) groups excluding carboxylic acids is 2. The number of ether oxygens (including phenoxy) is 2. The fourth-order valence-corrected chi connectivity index (χ4v) is 2.37. The maximum absolute atomic E-state index is 12.2. The summed E-state index contributed by atoms with van der Waals surface area (Å²) in [5.41, 5.74) is 3.45. The van der Waals surface area contributed by atoms with Crippen LogP contribution in [0.25, 0.3) is 0 Å². The second-order valence-corrected chi connectivity index (χ2v) is 5.95. The Morgan fingerprint density at radius 1 is 0.923 bits per heavy atom. The monoisotopic (exact) mass is 356 g/mol. The van der Waals surface area contributed by atoms with Gasteiger partial charge in [-0.2, -0.15) is 0 Å². The molecule has 2 amide bonds. The summed E-state index contributed by atoms with van der Waals surface area (Å²) in [7, 11) is 3.04. The quantitative estimate of drug-likeness (QED) is 0.799. The first-order valence-electron chi connectivity index (χ1n) is 8.31. The number of nitrogens with one attached hydrogen (secondary N) is 2. The third-order valence-corrected chi connectivity index (χ3v) is 4.04. The van der Waals surface area contributed by atoms with Crippen LogP contribution in [-0.2, 0) is 4.79 Å². The van der Waals surface area contributed by atoms with Gasteiger partial charge in [-0.25, -0.2) is 0 Å². The number of hydrogen-bond acceptors (Lipinski definition) is 4. The molecule has 0 saturated heterocycles. The summed E-state index contributed by atoms with van der Waals surface area (Å²) in [5, 5.41) is 5.56. The molecule has 2 rings (SSSR count). The summed E-state index contributed by atoms with van der Waals surface area (Å²) in [6.07, 6.45) is 0.180. The first-order valence-corrected chi connectivity index (χ1v) is 8.31. The number of amides is 2. The van der Waals surface area contributed by atoms with Gasteiger partial charge in [0.25, 0.3) is 5.91 Å². The molecule has 0 heterocycles. The van der Waals surface area contributed by atoms with Crippen molar-refractivity contribution in [1.82, 2.24) is 5.32 Å². The Hall–Kier alpha value is -3.02. The predicted octanol–water partition coefficient (Wildman–Crippen LogP) is 3.08. The Balaban J connectivity index is 1.87. The SMILES string of the molecule is COc1cc(OC)cc(C(=O)NCCC(=O)Nc2ccc(C)c(C)c2)c1. The van der Waals surface area contributed by atoms with Crippen molar-refractivity contribution in [3.05, 3.63) is 53.1 Å². The van der Waals surface area contributed by atoms with Crippen LogP contribution in [0.15, 0.2) is 36.4 Å². The molecule has 2 aromatic carbocycles. The molecule has 0 fully saturated rings. The van der Waals surface area contributed by atoms with E-state index in [1.807, 2.05) is 32.0 Å². The number of anilines is 1. The van der Waals surface area contributed by atoms with Crippen molar-refractivity contribution in [3.63, 3.8) is 0 Å². The lowest BCUT2D eigenvalue weighted by atomic mass is 10.1. The molecule has 0 aliphatic carbocycles. The minimum Gasteiger partial charge on any atom is -0.497 e. The van der Waals surface area contributed by atoms with Gasteiger partial charge in [0.15, 0.2) is 0 Å². The number of methoxy groups -OCH3 is 2. The molecule has 2 N–H and O–H groups in total. The van der Waals surface area contributed by atoms with Gasteiger partial charge in [-0.15, -0.1) is 0 Å². The van der Waals surface area contributed by atoms with Crippen LogP contribution in [-0.4, -0.2) is 32.6 Å². The third kappa shape index (κ3) is 5.24. The number of benzene rings is 2. The molecule has 0 aromatic heterocycles. The molecule has 6 nitrogen and oxygen atoms in total. The highest BCUT2D eigenvalue weighted by Gasteiger charge is 2.10. The Labute approximate surface area is 153 Å². The Kier molecular flexibility index (Phi) is 6.60. The van der Waals surface area contributed by atoms with Gasteiger partial charge >= 0.3 is 0 Å². The van der Waals surface area contributed by atoms with E-state index in [4.69, 9.17) is 9.47 Å². The van der Waals surface area contributed by atoms with E-state index in [2.05, 4.69) is 10.6 Å². The van der Waals surface area contributed by atoms with E-state index in [1.165, 1.54) is 19.8 Å². The van der Waals surface area contributed by atoms with Gasteiger partial charge in [0.05, 0.1) is 14.2 Å². The fourth-order valence-electron chi connectivity index (χ4n) is 2.37. The first kappa shape index (κ1) is 19.3. The lowest BCUT2D eigenvalue weighted by molar-refractivity contribution is -0.116. The highest BCUT2D eigenvalue weighted by Crippen LogP contribution is 2.22. The first-order chi connectivity index (χ1) is 12.4. The summed E-state index contributed by atoms with van der Waals surface area (Å²) < 4.78 is 10.3. The molecule has 0 atom stereocenters. The molecule has 2 aromatic rings. The lowest BCUT2D eigenvalue weighted by Gasteiger charge is -2.10. The Morgan fingerprint density at radius 3 is 2.15 bits per heavy atom. The van der Waals surface area contributed by atoms with Gasteiger partial charge in [0.2, 0.25) is 5.91 Å². The van der Waals surface area contributed by atoms with E-state index in [1.54, 1.807) is 18.2 Å². The largest absolute Gasteiger partial charge is 0.497 e. The Bertz CT molecular complexity index is 780. The van der Waals surface area contributed by atoms with E-state index in [0.717, 1.165) is 11.3 Å². The topological polar surface area (TPSA) is 76.7 Å². The van der Waals surface area contributed by atoms with Crippen LogP contribution < -0.4 is 20.1 Å². The molecule has 0 bridgehead atoms. The van der Waals surface area contributed by atoms with Crippen LogP contribution >= 0.6 is 0 Å². The van der Waals surface area contributed by atoms with E-state index < -0.39 is 0 Å². The molecule has 138 valence electrons. The summed E-state index contributed by atoms with van der Waals surface area (Å²) in [6, 6.07) is 10.7. The van der Waals surface area contributed by atoms with Crippen LogP contribution in [0.2, 0.25) is 0 Å². The molecular formula is C20H24N2O4. The zero-order valence-electron chi connectivity index (χ0n) is 15.5. The lowest BCUT2D eigenvalue weighted by Crippen LogP contribution is -2.27. The molecule has 0 spiro atoms. The molecule has 26 heavy (non-hydrogen) atoms. The molecule has 0 saturated carbocycles. The van der Waals surface area contributed by atoms with Crippen LogP contribution in [0.5, 0.6) is 11.5 Å². The van der Waals surface area contributed by atoms with Crippen LogP contribution in [0.3, 0.4) is 0 Å². The van der Waals surface area contributed by atoms with E-state index >= 15 is 0 Å². The highest BCUT2D eigenvalue weighted by atomic mass is 16.5. The minimum atomic E-state index is -0.291. The maximum Gasteiger partial charge on any atom is 0.251 e. The molecule has 6 heteroatoms. The number of carbonyl (C=O) groups is 2. The van der Waals surface area contributed by atoms with Gasteiger partial charge in [0.1, 0.15) is 11.5 Å². The fraction of sp³-hybridized carbons (Fsp3) is 0.300. The highest BCUT2D eigenvalue weighted by molar-refractivity contribution is 5.96. The predicted molar refractivity (Wildman–Crippen MR) is 101 cm³/mol. The van der Waals surface area contributed by atoms with Gasteiger partial charge in [-0.1, -0.05) is 6.07 Å². The van der Waals surface area contributed by atoms with Crippen LogP contribution in [0.1, 0.15) is 27.9 Å². The second kappa shape index (κ2) is 8.89. The summed E-state index contributed by atoms with van der Waals surface area (Å²) in [5.74, 6) is 0.613. The van der Waals surface area contributed by atoms with E-state index in [0.29, 0.717) is 17.1 Å². The summed E-state index contributed by atoms with van der Waals surface area (Å²) >= 11 is 0. The molecule has 0 aliphatic heterocycles. The van der Waals surface area contributed by atoms with Gasteiger partial charge in [-0.05, 0) is 49.2 Å². The standard InChI is InChI=1S/C20H24N2O4/c1-13-5-6-16(9-14(13)2)22-19(23)7-8-21-20(24)15-10-17(25-3)12-18(11-15)26-4/h5-6,9-12H,7-8H2,1-4H3,(H,21,24)(H,22,23). The zero-order valence-corrected chi connectivity index (χ0v) is 15.5. The average molecular weight is 356 g/mol. The maximum atomic E-state index is 12.2. The third-order valence-electron chi connectivity index (χ3n) is 4.04.